The van der Waals surface area contributed by atoms with Crippen molar-refractivity contribution in [2.45, 2.75) is 38.8 Å². The maximum absolute atomic E-state index is 12.9. The number of nitrogens with one attached hydrogen (secondary N) is 1. The number of anilines is 1. The van der Waals surface area contributed by atoms with Crippen LogP contribution in [0.3, 0.4) is 0 Å². The number of fused-ring (bicyclic) bond motifs is 1. The summed E-state index contributed by atoms with van der Waals surface area (Å²) < 4.78 is 2.04. The van der Waals surface area contributed by atoms with Gasteiger partial charge in [-0.15, -0.1) is 0 Å². The van der Waals surface area contributed by atoms with E-state index in [0.29, 0.717) is 18.4 Å². The van der Waals surface area contributed by atoms with Gasteiger partial charge in [-0.2, -0.15) is 5.10 Å². The maximum atomic E-state index is 12.9. The highest BCUT2D eigenvalue weighted by molar-refractivity contribution is 5.93. The molecule has 7 heteroatoms. The largest absolute Gasteiger partial charge is 0.354 e. The average Bonchev–Trinajstić information content (AvgIpc) is 3.31. The van der Waals surface area contributed by atoms with Gasteiger partial charge in [-0.05, 0) is 43.7 Å². The Morgan fingerprint density at radius 2 is 2.12 bits per heavy atom. The van der Waals surface area contributed by atoms with E-state index in [-0.39, 0.29) is 5.91 Å². The van der Waals surface area contributed by atoms with E-state index in [1.165, 1.54) is 0 Å². The van der Waals surface area contributed by atoms with Crippen molar-refractivity contribution in [2.75, 3.05) is 18.4 Å². The van der Waals surface area contributed by atoms with E-state index >= 15 is 0 Å². The number of amides is 1. The zero-order valence-electron chi connectivity index (χ0n) is 14.8. The lowest BCUT2D eigenvalue weighted by Crippen LogP contribution is -2.35. The molecule has 1 N–H and O–H groups in total. The van der Waals surface area contributed by atoms with E-state index in [1.807, 2.05) is 21.8 Å². The van der Waals surface area contributed by atoms with E-state index < -0.39 is 0 Å². The highest BCUT2D eigenvalue weighted by Gasteiger charge is 2.27. The van der Waals surface area contributed by atoms with Gasteiger partial charge in [0.1, 0.15) is 0 Å². The van der Waals surface area contributed by atoms with Gasteiger partial charge in [-0.25, -0.2) is 9.97 Å². The van der Waals surface area contributed by atoms with Crippen LogP contribution in [0, 0.1) is 5.92 Å². The molecule has 1 atom stereocenters. The van der Waals surface area contributed by atoms with Crippen LogP contribution in [0.1, 0.15) is 31.4 Å². The molecule has 4 rings (SSSR count). The summed E-state index contributed by atoms with van der Waals surface area (Å²) in [5.41, 5.74) is 2.09. The van der Waals surface area contributed by atoms with E-state index in [1.54, 1.807) is 18.5 Å². The number of allylic oxidation sites excluding steroid dienone is 1. The minimum atomic E-state index is 0.196. The fourth-order valence-electron chi connectivity index (χ4n) is 3.72. The number of nitrogens with zero attached hydrogens (tertiary/aromatic N) is 5. The standard InChI is InChI=1S/C19H24N6O/c26-18(16-4-1-2-5-16)24-12-15(13-25-17(14-24)7-11-23-25)6-10-22-19-20-8-3-9-21-19/h3-4,7-9,11,15H,1-2,5-6,10,12-14H2,(H,20,21,22)/t15-/m1/s1. The van der Waals surface area contributed by atoms with Crippen LogP contribution in [0.2, 0.25) is 0 Å². The lowest BCUT2D eigenvalue weighted by molar-refractivity contribution is -0.128. The van der Waals surface area contributed by atoms with Gasteiger partial charge in [0.2, 0.25) is 11.9 Å². The molecule has 0 fully saturated rings. The van der Waals surface area contributed by atoms with Gasteiger partial charge in [-0.3, -0.25) is 9.48 Å². The molecule has 136 valence electrons. The van der Waals surface area contributed by atoms with Gasteiger partial charge in [0, 0.05) is 43.8 Å². The second-order valence-electron chi connectivity index (χ2n) is 6.97. The molecule has 2 aromatic heterocycles. The summed E-state index contributed by atoms with van der Waals surface area (Å²) in [5.74, 6) is 1.18. The van der Waals surface area contributed by atoms with Crippen LogP contribution < -0.4 is 5.32 Å². The number of carbonyl (C=O) groups excluding carboxylic acids is 1. The van der Waals surface area contributed by atoms with Gasteiger partial charge in [0.25, 0.3) is 0 Å². The smallest absolute Gasteiger partial charge is 0.249 e. The summed E-state index contributed by atoms with van der Waals surface area (Å²) in [5, 5.41) is 7.71. The molecular weight excluding hydrogens is 328 g/mol. The van der Waals surface area contributed by atoms with Crippen molar-refractivity contribution in [3.63, 3.8) is 0 Å². The van der Waals surface area contributed by atoms with E-state index in [4.69, 9.17) is 0 Å². The average molecular weight is 352 g/mol. The molecule has 0 saturated carbocycles. The Kier molecular flexibility index (Phi) is 4.95. The van der Waals surface area contributed by atoms with E-state index in [0.717, 1.165) is 56.6 Å². The van der Waals surface area contributed by atoms with Gasteiger partial charge in [0.05, 0.1) is 12.2 Å². The molecule has 0 unspecified atom stereocenters. The fourth-order valence-corrected chi connectivity index (χ4v) is 3.72. The van der Waals surface area contributed by atoms with Crippen molar-refractivity contribution in [2.24, 2.45) is 5.92 Å². The highest BCUT2D eigenvalue weighted by atomic mass is 16.2. The minimum absolute atomic E-state index is 0.196. The topological polar surface area (TPSA) is 75.9 Å². The van der Waals surface area contributed by atoms with Gasteiger partial charge in [-0.1, -0.05) is 6.08 Å². The zero-order chi connectivity index (χ0) is 17.8. The molecule has 2 aromatic rings. The molecule has 1 aliphatic carbocycles. The first-order chi connectivity index (χ1) is 12.8. The highest BCUT2D eigenvalue weighted by Crippen LogP contribution is 2.24. The molecule has 0 aromatic carbocycles. The number of hydrogen-bond donors (Lipinski definition) is 1. The quantitative estimate of drug-likeness (QED) is 0.893. The lowest BCUT2D eigenvalue weighted by Gasteiger charge is -2.24. The number of aromatic nitrogens is 4. The number of rotatable bonds is 5. The zero-order valence-corrected chi connectivity index (χ0v) is 14.8. The Balaban J connectivity index is 1.43. The van der Waals surface area contributed by atoms with Gasteiger partial charge < -0.3 is 10.2 Å². The van der Waals surface area contributed by atoms with Crippen molar-refractivity contribution >= 4 is 11.9 Å². The molecule has 1 amide bonds. The molecule has 1 aliphatic heterocycles. The Morgan fingerprint density at radius 1 is 1.23 bits per heavy atom. The summed E-state index contributed by atoms with van der Waals surface area (Å²) in [6.07, 6.45) is 11.3. The Morgan fingerprint density at radius 3 is 2.92 bits per heavy atom. The molecule has 26 heavy (non-hydrogen) atoms. The first kappa shape index (κ1) is 16.8. The third-order valence-corrected chi connectivity index (χ3v) is 5.07. The predicted molar refractivity (Wildman–Crippen MR) is 98.2 cm³/mol. The summed E-state index contributed by atoms with van der Waals surface area (Å²) in [7, 11) is 0. The normalized spacial score (nSPS) is 19.6. The Hall–Kier alpha value is -2.70. The van der Waals surface area contributed by atoms with Crippen molar-refractivity contribution in [3.8, 4) is 0 Å². The Labute approximate surface area is 153 Å². The van der Waals surface area contributed by atoms with E-state index in [9.17, 15) is 4.79 Å². The monoisotopic (exact) mass is 352 g/mol. The molecule has 3 heterocycles. The fraction of sp³-hybridized carbons (Fsp3) is 0.474. The van der Waals surface area contributed by atoms with Crippen molar-refractivity contribution in [1.29, 1.82) is 0 Å². The SMILES string of the molecule is O=C(C1=CCCC1)N1Cc2ccnn2C[C@H](CCNc2ncccn2)C1. The van der Waals surface area contributed by atoms with Crippen LogP contribution in [0.15, 0.2) is 42.4 Å². The second-order valence-corrected chi connectivity index (χ2v) is 6.97. The molecule has 0 radical (unpaired) electrons. The number of hydrogen-bond acceptors (Lipinski definition) is 5. The lowest BCUT2D eigenvalue weighted by atomic mass is 10.0. The van der Waals surface area contributed by atoms with Gasteiger partial charge >= 0.3 is 0 Å². The van der Waals surface area contributed by atoms with Crippen molar-refractivity contribution in [1.82, 2.24) is 24.6 Å². The van der Waals surface area contributed by atoms with Crippen LogP contribution in [-0.2, 0) is 17.9 Å². The van der Waals surface area contributed by atoms with Crippen LogP contribution in [0.25, 0.3) is 0 Å². The number of carbonyl (C=O) groups is 1. The summed E-state index contributed by atoms with van der Waals surface area (Å²) >= 11 is 0. The van der Waals surface area contributed by atoms with Crippen molar-refractivity contribution < 1.29 is 4.79 Å². The first-order valence-electron chi connectivity index (χ1n) is 9.29. The summed E-state index contributed by atoms with van der Waals surface area (Å²) in [6.45, 7) is 3.01. The molecule has 7 nitrogen and oxygen atoms in total. The van der Waals surface area contributed by atoms with E-state index in [2.05, 4.69) is 26.5 Å². The minimum Gasteiger partial charge on any atom is -0.354 e. The van der Waals surface area contributed by atoms with Crippen molar-refractivity contribution in [3.05, 3.63) is 48.1 Å². The van der Waals surface area contributed by atoms with Gasteiger partial charge in [0.15, 0.2) is 0 Å². The molecule has 0 spiro atoms. The third kappa shape index (κ3) is 3.76. The molecule has 0 bridgehead atoms. The maximum Gasteiger partial charge on any atom is 0.249 e. The van der Waals surface area contributed by atoms with Crippen LogP contribution in [0.4, 0.5) is 5.95 Å². The summed E-state index contributed by atoms with van der Waals surface area (Å²) in [4.78, 5) is 23.3. The van der Waals surface area contributed by atoms with Crippen LogP contribution >= 0.6 is 0 Å². The molecule has 2 aliphatic rings. The molecular formula is C19H24N6O. The predicted octanol–water partition coefficient (Wildman–Crippen LogP) is 2.24. The summed E-state index contributed by atoms with van der Waals surface area (Å²) in [6, 6.07) is 3.82. The Bertz CT molecular complexity index is 784. The molecule has 0 saturated heterocycles. The van der Waals surface area contributed by atoms with Crippen LogP contribution in [0.5, 0.6) is 0 Å². The van der Waals surface area contributed by atoms with Crippen LogP contribution in [-0.4, -0.2) is 43.6 Å². The first-order valence-corrected chi connectivity index (χ1v) is 9.29. The third-order valence-electron chi connectivity index (χ3n) is 5.07. The second kappa shape index (κ2) is 7.68.